The van der Waals surface area contributed by atoms with Crippen molar-refractivity contribution in [2.75, 3.05) is 45.2 Å². The Bertz CT molecular complexity index is 815. The lowest BCUT2D eigenvalue weighted by atomic mass is 10.2. The molecule has 2 aromatic rings. The maximum Gasteiger partial charge on any atom is 0.261 e. The van der Waals surface area contributed by atoms with Crippen LogP contribution in [0.15, 0.2) is 59.5 Å². The van der Waals surface area contributed by atoms with Gasteiger partial charge < -0.3 is 14.4 Å². The highest BCUT2D eigenvalue weighted by Crippen LogP contribution is 2.17. The molecule has 7 nitrogen and oxygen atoms in total. The van der Waals surface area contributed by atoms with Crippen LogP contribution in [0.3, 0.4) is 0 Å². The molecule has 27 heavy (non-hydrogen) atoms. The molecule has 0 atom stereocenters. The molecule has 146 valence electrons. The molecule has 1 N–H and O–H groups in total. The molecule has 8 heteroatoms. The summed E-state index contributed by atoms with van der Waals surface area (Å²) in [4.78, 5) is 14.4. The molecule has 2 rings (SSSR count). The molecule has 0 aliphatic heterocycles. The van der Waals surface area contributed by atoms with Gasteiger partial charge in [-0.15, -0.1) is 0 Å². The van der Waals surface area contributed by atoms with Gasteiger partial charge in [0.15, 0.2) is 0 Å². The van der Waals surface area contributed by atoms with Crippen molar-refractivity contribution in [2.45, 2.75) is 4.90 Å². The minimum atomic E-state index is -3.72. The molecule has 1 amide bonds. The van der Waals surface area contributed by atoms with Crippen LogP contribution >= 0.6 is 0 Å². The Morgan fingerprint density at radius 3 is 2.00 bits per heavy atom. The zero-order valence-corrected chi connectivity index (χ0v) is 16.2. The topological polar surface area (TPSA) is 84.9 Å². The third-order valence-electron chi connectivity index (χ3n) is 3.86. The lowest BCUT2D eigenvalue weighted by Crippen LogP contribution is -2.36. The van der Waals surface area contributed by atoms with Crippen molar-refractivity contribution in [3.63, 3.8) is 0 Å². The van der Waals surface area contributed by atoms with Crippen LogP contribution in [0.4, 0.5) is 5.69 Å². The van der Waals surface area contributed by atoms with Crippen molar-refractivity contribution < 1.29 is 22.7 Å². The van der Waals surface area contributed by atoms with Crippen LogP contribution in [0.25, 0.3) is 0 Å². The molecule has 0 radical (unpaired) electrons. The smallest absolute Gasteiger partial charge is 0.261 e. The van der Waals surface area contributed by atoms with Gasteiger partial charge in [0.05, 0.1) is 18.1 Å². The minimum Gasteiger partial charge on any atom is -0.383 e. The van der Waals surface area contributed by atoms with E-state index in [9.17, 15) is 13.2 Å². The average Bonchev–Trinajstić information content (AvgIpc) is 2.68. The Balaban J connectivity index is 2.13. The number of rotatable bonds is 10. The van der Waals surface area contributed by atoms with Gasteiger partial charge in [-0.1, -0.05) is 18.2 Å². The Labute approximate surface area is 160 Å². The predicted octanol–water partition coefficient (Wildman–Crippen LogP) is 2.22. The van der Waals surface area contributed by atoms with E-state index in [1.54, 1.807) is 49.5 Å². The molecule has 0 saturated carbocycles. The summed E-state index contributed by atoms with van der Waals surface area (Å²) >= 11 is 0. The van der Waals surface area contributed by atoms with Crippen LogP contribution in [0, 0.1) is 0 Å². The Hall–Kier alpha value is -2.42. The molecule has 0 fully saturated rings. The monoisotopic (exact) mass is 392 g/mol. The molecule has 0 heterocycles. The standard InChI is InChI=1S/C19H24N2O5S/c1-25-14-12-21(13-15-26-2)19(22)16-8-10-18(11-9-16)27(23,24)20-17-6-4-3-5-7-17/h3-11,20H,12-15H2,1-2H3. The van der Waals surface area contributed by atoms with Crippen LogP contribution in [0.5, 0.6) is 0 Å². The highest BCUT2D eigenvalue weighted by atomic mass is 32.2. The van der Waals surface area contributed by atoms with Gasteiger partial charge >= 0.3 is 0 Å². The molecule has 0 aliphatic carbocycles. The number of methoxy groups -OCH3 is 2. The first-order valence-corrected chi connectivity index (χ1v) is 9.91. The number of amides is 1. The van der Waals surface area contributed by atoms with Crippen molar-refractivity contribution >= 4 is 21.6 Å². The van der Waals surface area contributed by atoms with Crippen molar-refractivity contribution in [3.8, 4) is 0 Å². The SMILES string of the molecule is COCCN(CCOC)C(=O)c1ccc(S(=O)(=O)Nc2ccccc2)cc1. The predicted molar refractivity (Wildman–Crippen MR) is 103 cm³/mol. The first kappa shape index (κ1) is 20.9. The summed E-state index contributed by atoms with van der Waals surface area (Å²) in [5.74, 6) is -0.205. The molecule has 0 aliphatic rings. The van der Waals surface area contributed by atoms with E-state index in [4.69, 9.17) is 9.47 Å². The lowest BCUT2D eigenvalue weighted by Gasteiger charge is -2.22. The van der Waals surface area contributed by atoms with Crippen LogP contribution < -0.4 is 4.72 Å². The minimum absolute atomic E-state index is 0.0863. The van der Waals surface area contributed by atoms with Gasteiger partial charge in [-0.2, -0.15) is 0 Å². The number of benzene rings is 2. The van der Waals surface area contributed by atoms with Crippen LogP contribution in [-0.2, 0) is 19.5 Å². The van der Waals surface area contributed by atoms with Gasteiger partial charge in [0.1, 0.15) is 0 Å². The molecular weight excluding hydrogens is 368 g/mol. The zero-order chi connectivity index (χ0) is 19.7. The number of para-hydroxylation sites is 1. The van der Waals surface area contributed by atoms with E-state index >= 15 is 0 Å². The molecule has 0 aromatic heterocycles. The fraction of sp³-hybridized carbons (Fsp3) is 0.316. The molecule has 0 bridgehead atoms. The lowest BCUT2D eigenvalue weighted by molar-refractivity contribution is 0.0627. The third-order valence-corrected chi connectivity index (χ3v) is 5.25. The van der Waals surface area contributed by atoms with Crippen molar-refractivity contribution in [3.05, 3.63) is 60.2 Å². The Morgan fingerprint density at radius 2 is 1.48 bits per heavy atom. The second kappa shape index (κ2) is 10.1. The van der Waals surface area contributed by atoms with E-state index in [0.29, 0.717) is 37.6 Å². The number of carbonyl (C=O) groups is 1. The molecular formula is C19H24N2O5S. The first-order valence-electron chi connectivity index (χ1n) is 8.43. The Morgan fingerprint density at radius 1 is 0.926 bits per heavy atom. The van der Waals surface area contributed by atoms with E-state index in [1.165, 1.54) is 24.3 Å². The summed E-state index contributed by atoms with van der Waals surface area (Å²) in [5, 5.41) is 0. The number of anilines is 1. The summed E-state index contributed by atoms with van der Waals surface area (Å²) < 4.78 is 37.5. The quantitative estimate of drug-likeness (QED) is 0.670. The average molecular weight is 392 g/mol. The van der Waals surface area contributed by atoms with Gasteiger partial charge in [0, 0.05) is 38.6 Å². The fourth-order valence-corrected chi connectivity index (χ4v) is 3.46. The molecule has 0 spiro atoms. The summed E-state index contributed by atoms with van der Waals surface area (Å²) in [5.41, 5.74) is 0.879. The number of sulfonamides is 1. The number of hydrogen-bond acceptors (Lipinski definition) is 5. The van der Waals surface area contributed by atoms with Gasteiger partial charge in [-0.25, -0.2) is 8.42 Å². The van der Waals surface area contributed by atoms with Gasteiger partial charge in [-0.05, 0) is 36.4 Å². The van der Waals surface area contributed by atoms with E-state index in [2.05, 4.69) is 4.72 Å². The van der Waals surface area contributed by atoms with Crippen LogP contribution in [0.1, 0.15) is 10.4 Å². The second-order valence-electron chi connectivity index (χ2n) is 5.77. The van der Waals surface area contributed by atoms with E-state index in [-0.39, 0.29) is 10.8 Å². The fourth-order valence-electron chi connectivity index (χ4n) is 2.40. The van der Waals surface area contributed by atoms with E-state index in [0.717, 1.165) is 0 Å². The molecule has 2 aromatic carbocycles. The van der Waals surface area contributed by atoms with Crippen molar-refractivity contribution in [1.29, 1.82) is 0 Å². The largest absolute Gasteiger partial charge is 0.383 e. The summed E-state index contributed by atoms with van der Waals surface area (Å²) in [6.45, 7) is 1.66. The van der Waals surface area contributed by atoms with Gasteiger partial charge in [-0.3, -0.25) is 9.52 Å². The van der Waals surface area contributed by atoms with Crippen molar-refractivity contribution in [2.24, 2.45) is 0 Å². The molecule has 0 unspecified atom stereocenters. The number of nitrogens with one attached hydrogen (secondary N) is 1. The maximum absolute atomic E-state index is 12.7. The van der Waals surface area contributed by atoms with Crippen molar-refractivity contribution in [1.82, 2.24) is 4.90 Å². The maximum atomic E-state index is 12.7. The second-order valence-corrected chi connectivity index (χ2v) is 7.46. The van der Waals surface area contributed by atoms with Crippen LogP contribution in [0.2, 0.25) is 0 Å². The van der Waals surface area contributed by atoms with Gasteiger partial charge in [0.25, 0.3) is 15.9 Å². The summed E-state index contributed by atoms with van der Waals surface area (Å²) in [6, 6.07) is 14.5. The van der Waals surface area contributed by atoms with E-state index in [1.807, 2.05) is 0 Å². The normalized spacial score (nSPS) is 11.2. The van der Waals surface area contributed by atoms with E-state index < -0.39 is 10.0 Å². The first-order chi connectivity index (χ1) is 13.0. The molecule has 0 saturated heterocycles. The number of nitrogens with zero attached hydrogens (tertiary/aromatic N) is 1. The third kappa shape index (κ3) is 6.06. The number of ether oxygens (including phenoxy) is 2. The van der Waals surface area contributed by atoms with Crippen LogP contribution in [-0.4, -0.2) is 59.7 Å². The zero-order valence-electron chi connectivity index (χ0n) is 15.4. The highest BCUT2D eigenvalue weighted by Gasteiger charge is 2.18. The number of hydrogen-bond donors (Lipinski definition) is 1. The highest BCUT2D eigenvalue weighted by molar-refractivity contribution is 7.92. The summed E-state index contributed by atoms with van der Waals surface area (Å²) in [6.07, 6.45) is 0. The number of carbonyl (C=O) groups excluding carboxylic acids is 1. The Kier molecular flexibility index (Phi) is 7.78. The van der Waals surface area contributed by atoms with Gasteiger partial charge in [0.2, 0.25) is 0 Å². The summed E-state index contributed by atoms with van der Waals surface area (Å²) in [7, 11) is -0.584.